The van der Waals surface area contributed by atoms with Crippen LogP contribution in [0.15, 0.2) is 42.5 Å². The maximum atomic E-state index is 5.41. The summed E-state index contributed by atoms with van der Waals surface area (Å²) in [6.07, 6.45) is 0. The Hall–Kier alpha value is -1.41. The van der Waals surface area contributed by atoms with E-state index >= 15 is 0 Å². The quantitative estimate of drug-likeness (QED) is 0.550. The normalized spacial score (nSPS) is 10.6. The summed E-state index contributed by atoms with van der Waals surface area (Å²) >= 11 is 5.41. The highest BCUT2D eigenvalue weighted by Crippen LogP contribution is 2.19. The Labute approximate surface area is 101 Å². The van der Waals surface area contributed by atoms with E-state index in [0.29, 0.717) is 0 Å². The lowest BCUT2D eigenvalue weighted by molar-refractivity contribution is 0.800. The van der Waals surface area contributed by atoms with Gasteiger partial charge in [0.15, 0.2) is 0 Å². The Kier molecular flexibility index (Phi) is 2.92. The van der Waals surface area contributed by atoms with E-state index in [1.165, 1.54) is 16.5 Å². The van der Waals surface area contributed by atoms with Gasteiger partial charge in [0.1, 0.15) is 4.64 Å². The standard InChI is InChI=1S/C14H15NS/c1-10(2)9-15-13-7-5-4-6-12(13)11(3)8-14(15)16/h4-8H,1,9H2,2-3H3. The maximum Gasteiger partial charge on any atom is 0.106 e. The highest BCUT2D eigenvalue weighted by molar-refractivity contribution is 7.71. The molecule has 82 valence electrons. The number of aryl methyl sites for hydroxylation is 1. The molecule has 0 fully saturated rings. The van der Waals surface area contributed by atoms with E-state index in [1.807, 2.05) is 13.0 Å². The molecule has 0 bridgehead atoms. The minimum absolute atomic E-state index is 0.791. The lowest BCUT2D eigenvalue weighted by Gasteiger charge is -2.13. The summed E-state index contributed by atoms with van der Waals surface area (Å²) in [5.41, 5.74) is 3.54. The fourth-order valence-electron chi connectivity index (χ4n) is 1.94. The molecule has 0 spiro atoms. The van der Waals surface area contributed by atoms with Gasteiger partial charge in [-0.25, -0.2) is 0 Å². The summed E-state index contributed by atoms with van der Waals surface area (Å²) < 4.78 is 3.01. The molecule has 0 aliphatic carbocycles. The van der Waals surface area contributed by atoms with Crippen LogP contribution in [0, 0.1) is 11.6 Å². The van der Waals surface area contributed by atoms with Crippen molar-refractivity contribution in [1.82, 2.24) is 4.57 Å². The van der Waals surface area contributed by atoms with Crippen LogP contribution in [0.25, 0.3) is 10.9 Å². The monoisotopic (exact) mass is 229 g/mol. The summed E-state index contributed by atoms with van der Waals surface area (Å²) in [7, 11) is 0. The number of nitrogens with zero attached hydrogens (tertiary/aromatic N) is 1. The predicted octanol–water partition coefficient (Wildman–Crippen LogP) is 4.26. The molecule has 0 N–H and O–H groups in total. The molecule has 1 aromatic carbocycles. The molecular weight excluding hydrogens is 214 g/mol. The number of benzene rings is 1. The van der Waals surface area contributed by atoms with Crippen LogP contribution in [0.1, 0.15) is 12.5 Å². The Morgan fingerprint density at radius 2 is 2.06 bits per heavy atom. The molecule has 0 saturated carbocycles. The van der Waals surface area contributed by atoms with E-state index in [1.54, 1.807) is 0 Å². The van der Waals surface area contributed by atoms with E-state index in [-0.39, 0.29) is 0 Å². The largest absolute Gasteiger partial charge is 0.328 e. The zero-order chi connectivity index (χ0) is 11.7. The van der Waals surface area contributed by atoms with Crippen LogP contribution in [0.4, 0.5) is 0 Å². The third-order valence-electron chi connectivity index (χ3n) is 2.65. The molecule has 1 aromatic heterocycles. The van der Waals surface area contributed by atoms with Crippen molar-refractivity contribution in [3.05, 3.63) is 52.7 Å². The van der Waals surface area contributed by atoms with Crippen LogP contribution < -0.4 is 0 Å². The molecule has 16 heavy (non-hydrogen) atoms. The van der Waals surface area contributed by atoms with Gasteiger partial charge in [-0.2, -0.15) is 0 Å². The highest BCUT2D eigenvalue weighted by atomic mass is 32.1. The first-order valence-corrected chi connectivity index (χ1v) is 5.74. The molecule has 0 atom stereocenters. The average Bonchev–Trinajstić information content (AvgIpc) is 2.24. The summed E-state index contributed by atoms with van der Waals surface area (Å²) in [4.78, 5) is 0. The Morgan fingerprint density at radius 3 is 2.75 bits per heavy atom. The molecule has 0 aliphatic heterocycles. The summed E-state index contributed by atoms with van der Waals surface area (Å²) in [5, 5.41) is 1.26. The first kappa shape index (κ1) is 11.1. The number of hydrogen-bond donors (Lipinski definition) is 0. The number of para-hydroxylation sites is 1. The minimum Gasteiger partial charge on any atom is -0.328 e. The second kappa shape index (κ2) is 4.22. The summed E-state index contributed by atoms with van der Waals surface area (Å²) in [6, 6.07) is 10.4. The number of hydrogen-bond acceptors (Lipinski definition) is 1. The van der Waals surface area contributed by atoms with Gasteiger partial charge in [-0.05, 0) is 31.5 Å². The third-order valence-corrected chi connectivity index (χ3v) is 2.99. The molecule has 0 aliphatic rings. The van der Waals surface area contributed by atoms with Crippen molar-refractivity contribution in [3.8, 4) is 0 Å². The maximum absolute atomic E-state index is 5.41. The van der Waals surface area contributed by atoms with Crippen LogP contribution in [0.3, 0.4) is 0 Å². The van der Waals surface area contributed by atoms with Crippen LogP contribution in [0.5, 0.6) is 0 Å². The van der Waals surface area contributed by atoms with Crippen LogP contribution >= 0.6 is 12.2 Å². The third kappa shape index (κ3) is 1.93. The number of allylic oxidation sites excluding steroid dienone is 1. The molecular formula is C14H15NS. The van der Waals surface area contributed by atoms with Gasteiger partial charge in [0, 0.05) is 17.4 Å². The summed E-state index contributed by atoms with van der Waals surface area (Å²) in [6.45, 7) is 8.87. The minimum atomic E-state index is 0.791. The first-order chi connectivity index (χ1) is 7.59. The van der Waals surface area contributed by atoms with Gasteiger partial charge >= 0.3 is 0 Å². The van der Waals surface area contributed by atoms with Gasteiger partial charge in [-0.15, -0.1) is 0 Å². The van der Waals surface area contributed by atoms with Crippen molar-refractivity contribution in [3.63, 3.8) is 0 Å². The van der Waals surface area contributed by atoms with Crippen molar-refractivity contribution >= 4 is 23.1 Å². The number of fused-ring (bicyclic) bond motifs is 1. The fraction of sp³-hybridized carbons (Fsp3) is 0.214. The number of rotatable bonds is 2. The highest BCUT2D eigenvalue weighted by Gasteiger charge is 2.03. The Bertz CT molecular complexity index is 608. The lowest BCUT2D eigenvalue weighted by Crippen LogP contribution is -2.03. The zero-order valence-electron chi connectivity index (χ0n) is 9.66. The van der Waals surface area contributed by atoms with Crippen molar-refractivity contribution < 1.29 is 0 Å². The fourth-order valence-corrected chi connectivity index (χ4v) is 2.27. The van der Waals surface area contributed by atoms with Crippen molar-refractivity contribution in [1.29, 1.82) is 0 Å². The first-order valence-electron chi connectivity index (χ1n) is 5.33. The molecule has 1 nitrogen and oxygen atoms in total. The summed E-state index contributed by atoms with van der Waals surface area (Å²) in [5.74, 6) is 0. The van der Waals surface area contributed by atoms with Crippen LogP contribution in [-0.2, 0) is 6.54 Å². The molecule has 0 amide bonds. The molecule has 0 saturated heterocycles. The smallest absolute Gasteiger partial charge is 0.106 e. The van der Waals surface area contributed by atoms with E-state index in [4.69, 9.17) is 12.2 Å². The average molecular weight is 229 g/mol. The number of aromatic nitrogens is 1. The second-order valence-electron chi connectivity index (χ2n) is 4.23. The topological polar surface area (TPSA) is 4.93 Å². The number of pyridine rings is 1. The second-order valence-corrected chi connectivity index (χ2v) is 4.64. The SMILES string of the molecule is C=C(C)Cn1c(=S)cc(C)c2ccccc21. The van der Waals surface area contributed by atoms with Gasteiger partial charge < -0.3 is 4.57 Å². The van der Waals surface area contributed by atoms with E-state index in [2.05, 4.69) is 42.3 Å². The van der Waals surface area contributed by atoms with E-state index in [9.17, 15) is 0 Å². The van der Waals surface area contributed by atoms with Crippen LogP contribution in [-0.4, -0.2) is 4.57 Å². The molecule has 1 heterocycles. The molecule has 0 radical (unpaired) electrons. The molecule has 2 heteroatoms. The molecule has 2 aromatic rings. The van der Waals surface area contributed by atoms with E-state index < -0.39 is 0 Å². The zero-order valence-corrected chi connectivity index (χ0v) is 10.5. The van der Waals surface area contributed by atoms with Gasteiger partial charge in [0.05, 0.1) is 0 Å². The Balaban J connectivity index is 2.81. The lowest BCUT2D eigenvalue weighted by atomic mass is 10.1. The van der Waals surface area contributed by atoms with Crippen LogP contribution in [0.2, 0.25) is 0 Å². The molecule has 0 unspecified atom stereocenters. The van der Waals surface area contributed by atoms with Gasteiger partial charge in [-0.3, -0.25) is 0 Å². The Morgan fingerprint density at radius 1 is 1.38 bits per heavy atom. The van der Waals surface area contributed by atoms with Gasteiger partial charge in [0.2, 0.25) is 0 Å². The van der Waals surface area contributed by atoms with Gasteiger partial charge in [0.25, 0.3) is 0 Å². The van der Waals surface area contributed by atoms with Crippen molar-refractivity contribution in [2.45, 2.75) is 20.4 Å². The van der Waals surface area contributed by atoms with Crippen molar-refractivity contribution in [2.75, 3.05) is 0 Å². The van der Waals surface area contributed by atoms with E-state index in [0.717, 1.165) is 16.8 Å². The van der Waals surface area contributed by atoms with Gasteiger partial charge in [-0.1, -0.05) is 42.6 Å². The predicted molar refractivity (Wildman–Crippen MR) is 72.3 cm³/mol. The molecule has 2 rings (SSSR count). The van der Waals surface area contributed by atoms with Crippen molar-refractivity contribution in [2.24, 2.45) is 0 Å².